The molecule has 0 spiro atoms. The maximum atomic E-state index is 11.1. The summed E-state index contributed by atoms with van der Waals surface area (Å²) in [5.41, 5.74) is 5.26. The first-order valence-corrected chi connectivity index (χ1v) is 6.17. The number of nitro groups is 1. The van der Waals surface area contributed by atoms with E-state index >= 15 is 0 Å². The van der Waals surface area contributed by atoms with Crippen molar-refractivity contribution in [3.8, 4) is 23.4 Å². The molecule has 22 heavy (non-hydrogen) atoms. The summed E-state index contributed by atoms with van der Waals surface area (Å²) in [6, 6.07) is 6.29. The summed E-state index contributed by atoms with van der Waals surface area (Å²) in [5, 5.41) is 20.0. The first-order chi connectivity index (χ1) is 10.5. The number of ether oxygens (including phenoxy) is 2. The third-order valence-corrected chi connectivity index (χ3v) is 2.78. The SMILES string of the molecule is COc1ccc(C#N)cc1Oc1nc(=S)[nH]c(N)c1[N+](=O)[O-]. The summed E-state index contributed by atoms with van der Waals surface area (Å²) in [7, 11) is 1.39. The Hall–Kier alpha value is -3.19. The van der Waals surface area contributed by atoms with Gasteiger partial charge in [0.15, 0.2) is 17.3 Å². The first-order valence-electron chi connectivity index (χ1n) is 5.76. The van der Waals surface area contributed by atoms with Gasteiger partial charge in [0.1, 0.15) is 0 Å². The van der Waals surface area contributed by atoms with Crippen molar-refractivity contribution < 1.29 is 14.4 Å². The van der Waals surface area contributed by atoms with Crippen LogP contribution in [-0.2, 0) is 0 Å². The van der Waals surface area contributed by atoms with E-state index in [9.17, 15) is 10.1 Å². The fraction of sp³-hybridized carbons (Fsp3) is 0.0833. The zero-order chi connectivity index (χ0) is 16.3. The molecular formula is C12H9N5O4S. The van der Waals surface area contributed by atoms with Crippen LogP contribution in [0, 0.1) is 26.2 Å². The lowest BCUT2D eigenvalue weighted by Crippen LogP contribution is -2.04. The molecule has 3 N–H and O–H groups in total. The molecule has 0 saturated heterocycles. The van der Waals surface area contributed by atoms with Crippen LogP contribution in [-0.4, -0.2) is 22.0 Å². The Bertz CT molecular complexity index is 842. The molecule has 1 aromatic carbocycles. The van der Waals surface area contributed by atoms with Gasteiger partial charge in [-0.2, -0.15) is 10.2 Å². The van der Waals surface area contributed by atoms with Crippen molar-refractivity contribution in [2.45, 2.75) is 0 Å². The number of anilines is 1. The molecule has 0 aliphatic rings. The second-order valence-corrected chi connectivity index (χ2v) is 4.33. The quantitative estimate of drug-likeness (QED) is 0.497. The molecule has 1 aromatic heterocycles. The number of H-pyrrole nitrogens is 1. The number of nitrogens with one attached hydrogen (secondary N) is 1. The number of benzene rings is 1. The second kappa shape index (κ2) is 6.06. The van der Waals surface area contributed by atoms with Gasteiger partial charge in [-0.1, -0.05) is 0 Å². The fourth-order valence-electron chi connectivity index (χ4n) is 1.64. The molecule has 0 atom stereocenters. The van der Waals surface area contributed by atoms with Gasteiger partial charge in [-0.15, -0.1) is 0 Å². The van der Waals surface area contributed by atoms with Gasteiger partial charge in [-0.25, -0.2) is 0 Å². The summed E-state index contributed by atoms with van der Waals surface area (Å²) in [4.78, 5) is 16.5. The van der Waals surface area contributed by atoms with Gasteiger partial charge >= 0.3 is 11.6 Å². The van der Waals surface area contributed by atoms with Crippen molar-refractivity contribution in [1.29, 1.82) is 5.26 Å². The molecule has 2 rings (SSSR count). The van der Waals surface area contributed by atoms with Crippen LogP contribution >= 0.6 is 12.2 Å². The minimum atomic E-state index is -0.746. The van der Waals surface area contributed by atoms with E-state index in [1.54, 1.807) is 0 Å². The van der Waals surface area contributed by atoms with Gasteiger partial charge in [0.25, 0.3) is 0 Å². The van der Waals surface area contributed by atoms with Gasteiger partial charge < -0.3 is 20.2 Å². The van der Waals surface area contributed by atoms with Crippen molar-refractivity contribution in [3.05, 3.63) is 38.6 Å². The average Bonchev–Trinajstić information content (AvgIpc) is 2.45. The number of nitrogen functional groups attached to an aromatic ring is 1. The number of nitrogens with two attached hydrogens (primary N) is 1. The lowest BCUT2D eigenvalue weighted by Gasteiger charge is -2.10. The summed E-state index contributed by atoms with van der Waals surface area (Å²) >= 11 is 4.83. The van der Waals surface area contributed by atoms with Crippen molar-refractivity contribution in [1.82, 2.24) is 9.97 Å². The highest BCUT2D eigenvalue weighted by Crippen LogP contribution is 2.37. The molecule has 0 unspecified atom stereocenters. The Morgan fingerprint density at radius 3 is 2.82 bits per heavy atom. The summed E-state index contributed by atoms with van der Waals surface area (Å²) < 4.78 is 10.4. The minimum absolute atomic E-state index is 0.0755. The van der Waals surface area contributed by atoms with Crippen LogP contribution in [0.4, 0.5) is 11.5 Å². The highest BCUT2D eigenvalue weighted by molar-refractivity contribution is 7.71. The van der Waals surface area contributed by atoms with E-state index in [1.165, 1.54) is 25.3 Å². The Balaban J connectivity index is 2.58. The minimum Gasteiger partial charge on any atom is -0.493 e. The number of hydrogen-bond acceptors (Lipinski definition) is 8. The largest absolute Gasteiger partial charge is 0.493 e. The van der Waals surface area contributed by atoms with E-state index in [2.05, 4.69) is 9.97 Å². The summed E-state index contributed by atoms with van der Waals surface area (Å²) in [6.45, 7) is 0. The zero-order valence-corrected chi connectivity index (χ0v) is 12.0. The first kappa shape index (κ1) is 15.2. The fourth-order valence-corrected chi connectivity index (χ4v) is 1.83. The Morgan fingerprint density at radius 1 is 1.50 bits per heavy atom. The molecule has 112 valence electrons. The predicted molar refractivity (Wildman–Crippen MR) is 78.3 cm³/mol. The maximum Gasteiger partial charge on any atom is 0.371 e. The highest BCUT2D eigenvalue weighted by atomic mass is 32.1. The molecule has 0 radical (unpaired) electrons. The molecule has 0 bridgehead atoms. The molecule has 1 heterocycles. The summed E-state index contributed by atoms with van der Waals surface area (Å²) in [5.74, 6) is -0.320. The number of hydrogen-bond donors (Lipinski definition) is 2. The van der Waals surface area contributed by atoms with Crippen LogP contribution in [0.15, 0.2) is 18.2 Å². The molecule has 0 fully saturated rings. The molecular weight excluding hydrogens is 310 g/mol. The molecule has 0 aliphatic heterocycles. The van der Waals surface area contributed by atoms with E-state index in [0.717, 1.165) is 0 Å². The van der Waals surface area contributed by atoms with Crippen LogP contribution < -0.4 is 15.2 Å². The Labute approximate surface area is 129 Å². The highest BCUT2D eigenvalue weighted by Gasteiger charge is 2.24. The predicted octanol–water partition coefficient (Wildman–Crippen LogP) is 2.30. The van der Waals surface area contributed by atoms with E-state index in [-0.39, 0.29) is 33.5 Å². The van der Waals surface area contributed by atoms with Crippen molar-refractivity contribution in [2.75, 3.05) is 12.8 Å². The van der Waals surface area contributed by atoms with E-state index in [0.29, 0.717) is 0 Å². The van der Waals surface area contributed by atoms with Crippen LogP contribution in [0.2, 0.25) is 0 Å². The summed E-state index contributed by atoms with van der Waals surface area (Å²) in [6.07, 6.45) is 0. The second-order valence-electron chi connectivity index (χ2n) is 3.95. The Kier molecular flexibility index (Phi) is 4.19. The van der Waals surface area contributed by atoms with Crippen molar-refractivity contribution >= 4 is 23.7 Å². The number of nitriles is 1. The van der Waals surface area contributed by atoms with Gasteiger partial charge in [-0.05, 0) is 24.4 Å². The van der Waals surface area contributed by atoms with Crippen molar-refractivity contribution in [3.63, 3.8) is 0 Å². The standard InChI is InChI=1S/C12H9N5O4S/c1-20-7-3-2-6(5-13)4-8(7)21-11-9(17(18)19)10(14)15-12(22)16-11/h2-4H,1H3,(H3,14,15,16,22). The average molecular weight is 319 g/mol. The van der Waals surface area contributed by atoms with Crippen LogP contribution in [0.1, 0.15) is 5.56 Å². The monoisotopic (exact) mass is 319 g/mol. The van der Waals surface area contributed by atoms with Crippen LogP contribution in [0.25, 0.3) is 0 Å². The van der Waals surface area contributed by atoms with Gasteiger partial charge in [0.05, 0.1) is 23.7 Å². The molecule has 9 nitrogen and oxygen atoms in total. The topological polar surface area (TPSA) is 140 Å². The molecule has 2 aromatic rings. The number of rotatable bonds is 4. The third kappa shape index (κ3) is 2.94. The number of aromatic nitrogens is 2. The molecule has 10 heteroatoms. The normalized spacial score (nSPS) is 9.82. The van der Waals surface area contributed by atoms with Gasteiger partial charge in [0.2, 0.25) is 4.77 Å². The number of aromatic amines is 1. The van der Waals surface area contributed by atoms with Crippen LogP contribution in [0.3, 0.4) is 0 Å². The van der Waals surface area contributed by atoms with Crippen LogP contribution in [0.5, 0.6) is 17.4 Å². The van der Waals surface area contributed by atoms with E-state index < -0.39 is 10.6 Å². The third-order valence-electron chi connectivity index (χ3n) is 2.58. The number of methoxy groups -OCH3 is 1. The van der Waals surface area contributed by atoms with Gasteiger partial charge in [-0.3, -0.25) is 10.1 Å². The maximum absolute atomic E-state index is 11.1. The smallest absolute Gasteiger partial charge is 0.371 e. The lowest BCUT2D eigenvalue weighted by molar-refractivity contribution is -0.385. The van der Waals surface area contributed by atoms with Crippen molar-refractivity contribution in [2.24, 2.45) is 0 Å². The lowest BCUT2D eigenvalue weighted by atomic mass is 10.2. The molecule has 0 saturated carbocycles. The zero-order valence-electron chi connectivity index (χ0n) is 11.2. The number of nitrogens with zero attached hydrogens (tertiary/aromatic N) is 3. The molecule has 0 amide bonds. The van der Waals surface area contributed by atoms with Gasteiger partial charge in [0, 0.05) is 6.07 Å². The molecule has 0 aliphatic carbocycles. The van der Waals surface area contributed by atoms with E-state index in [4.69, 9.17) is 32.7 Å². The van der Waals surface area contributed by atoms with E-state index in [1.807, 2.05) is 6.07 Å². The Morgan fingerprint density at radius 2 is 2.23 bits per heavy atom.